The Balaban J connectivity index is 1.51. The summed E-state index contributed by atoms with van der Waals surface area (Å²) in [6, 6.07) is 8.02. The summed E-state index contributed by atoms with van der Waals surface area (Å²) >= 11 is 1.58. The van der Waals surface area contributed by atoms with Crippen LogP contribution in [-0.4, -0.2) is 29.8 Å². The second kappa shape index (κ2) is 9.83. The molecule has 1 aliphatic carbocycles. The molecule has 1 aliphatic rings. The predicted octanol–water partition coefficient (Wildman–Crippen LogP) is 4.73. The highest BCUT2D eigenvalue weighted by molar-refractivity contribution is 7.99. The zero-order chi connectivity index (χ0) is 19.1. The Morgan fingerprint density at radius 1 is 1.30 bits per heavy atom. The highest BCUT2D eigenvalue weighted by atomic mass is 32.2. The van der Waals surface area contributed by atoms with Crippen molar-refractivity contribution in [1.29, 1.82) is 0 Å². The van der Waals surface area contributed by atoms with E-state index < -0.39 is 0 Å². The zero-order valence-corrected chi connectivity index (χ0v) is 16.9. The first-order chi connectivity index (χ1) is 13.2. The lowest BCUT2D eigenvalue weighted by Crippen LogP contribution is -2.35. The van der Waals surface area contributed by atoms with E-state index in [1.807, 2.05) is 31.2 Å². The number of carbonyl (C=O) groups excluding carboxylic acids is 1. The number of rotatable bonds is 7. The molecule has 1 saturated carbocycles. The molecule has 2 aromatic rings. The topological polar surface area (TPSA) is 64.4 Å². The average molecular weight is 389 g/mol. The van der Waals surface area contributed by atoms with Gasteiger partial charge in [0.25, 0.3) is 0 Å². The summed E-state index contributed by atoms with van der Waals surface area (Å²) in [6.07, 6.45) is 7.27. The first kappa shape index (κ1) is 19.8. The Kier molecular flexibility index (Phi) is 7.21. The van der Waals surface area contributed by atoms with Crippen LogP contribution in [0.15, 0.2) is 28.7 Å². The number of carbonyl (C=O) groups is 1. The number of aryl methyl sites for hydroxylation is 1. The van der Waals surface area contributed by atoms with Gasteiger partial charge in [-0.3, -0.25) is 4.79 Å². The van der Waals surface area contributed by atoms with Gasteiger partial charge in [-0.05, 0) is 38.0 Å². The molecule has 6 heteroatoms. The average Bonchev–Trinajstić information content (AvgIpc) is 2.87. The van der Waals surface area contributed by atoms with Gasteiger partial charge in [-0.1, -0.05) is 31.7 Å². The van der Waals surface area contributed by atoms with E-state index in [9.17, 15) is 4.79 Å². The summed E-state index contributed by atoms with van der Waals surface area (Å²) in [5.41, 5.74) is 1.78. The number of thioether (sulfide) groups is 1. The van der Waals surface area contributed by atoms with E-state index in [0.717, 1.165) is 35.6 Å². The normalized spacial score (nSPS) is 15.3. The molecular weight excluding hydrogens is 360 g/mol. The molecule has 27 heavy (non-hydrogen) atoms. The van der Waals surface area contributed by atoms with E-state index in [1.54, 1.807) is 18.9 Å². The van der Waals surface area contributed by atoms with Crippen molar-refractivity contribution in [3.8, 4) is 17.2 Å². The second-order valence-electron chi connectivity index (χ2n) is 7.00. The molecule has 146 valence electrons. The Morgan fingerprint density at radius 3 is 2.81 bits per heavy atom. The Hall–Kier alpha value is -1.95. The quantitative estimate of drug-likeness (QED) is 0.695. The number of hydrogen-bond donors (Lipinski definition) is 1. The largest absolute Gasteiger partial charge is 0.497 e. The molecular formula is C21H28N2O3S. The van der Waals surface area contributed by atoms with Gasteiger partial charge < -0.3 is 14.5 Å². The minimum absolute atomic E-state index is 0.126. The summed E-state index contributed by atoms with van der Waals surface area (Å²) in [5.74, 6) is 3.40. The lowest BCUT2D eigenvalue weighted by atomic mass is 10.1. The number of hydrogen-bond acceptors (Lipinski definition) is 5. The molecule has 1 heterocycles. The van der Waals surface area contributed by atoms with Gasteiger partial charge in [0.1, 0.15) is 11.5 Å². The molecule has 0 saturated heterocycles. The van der Waals surface area contributed by atoms with Gasteiger partial charge in [-0.25, -0.2) is 4.98 Å². The van der Waals surface area contributed by atoms with Gasteiger partial charge in [0.2, 0.25) is 11.8 Å². The molecule has 1 fully saturated rings. The minimum atomic E-state index is 0.126. The summed E-state index contributed by atoms with van der Waals surface area (Å²) in [6.45, 7) is 1.91. The minimum Gasteiger partial charge on any atom is -0.497 e. The molecule has 0 bridgehead atoms. The highest BCUT2D eigenvalue weighted by Crippen LogP contribution is 2.26. The van der Waals surface area contributed by atoms with Gasteiger partial charge >= 0.3 is 0 Å². The molecule has 1 aromatic heterocycles. The van der Waals surface area contributed by atoms with Gasteiger partial charge in [-0.15, -0.1) is 11.8 Å². The number of aromatic nitrogens is 1. The molecule has 1 N–H and O–H groups in total. The molecule has 0 unspecified atom stereocenters. The lowest BCUT2D eigenvalue weighted by molar-refractivity contribution is -0.119. The molecule has 0 aliphatic heterocycles. The lowest BCUT2D eigenvalue weighted by Gasteiger charge is -2.15. The molecule has 0 spiro atoms. The smallest absolute Gasteiger partial charge is 0.230 e. The molecule has 5 nitrogen and oxygen atoms in total. The maximum atomic E-state index is 12.2. The third-order valence-corrected chi connectivity index (χ3v) is 5.85. The van der Waals surface area contributed by atoms with Crippen molar-refractivity contribution in [2.24, 2.45) is 0 Å². The fourth-order valence-corrected chi connectivity index (χ4v) is 4.21. The molecule has 1 aromatic carbocycles. The number of ether oxygens (including phenoxy) is 1. The van der Waals surface area contributed by atoms with Crippen LogP contribution in [-0.2, 0) is 10.5 Å². The Labute approximate surface area is 165 Å². The summed E-state index contributed by atoms with van der Waals surface area (Å²) < 4.78 is 11.1. The number of nitrogens with one attached hydrogen (secondary N) is 1. The zero-order valence-electron chi connectivity index (χ0n) is 16.1. The van der Waals surface area contributed by atoms with Crippen molar-refractivity contribution in [3.63, 3.8) is 0 Å². The highest BCUT2D eigenvalue weighted by Gasteiger charge is 2.16. The number of nitrogens with zero attached hydrogens (tertiary/aromatic N) is 1. The fourth-order valence-electron chi connectivity index (χ4n) is 3.37. The first-order valence-electron chi connectivity index (χ1n) is 9.63. The van der Waals surface area contributed by atoms with E-state index >= 15 is 0 Å². The monoisotopic (exact) mass is 388 g/mol. The third kappa shape index (κ3) is 5.76. The maximum Gasteiger partial charge on any atom is 0.230 e. The first-order valence-corrected chi connectivity index (χ1v) is 10.8. The van der Waals surface area contributed by atoms with Crippen molar-refractivity contribution in [2.75, 3.05) is 12.9 Å². The van der Waals surface area contributed by atoms with Crippen LogP contribution in [0.4, 0.5) is 0 Å². The Morgan fingerprint density at radius 2 is 2.07 bits per heavy atom. The van der Waals surface area contributed by atoms with E-state index in [2.05, 4.69) is 10.3 Å². The van der Waals surface area contributed by atoms with Crippen LogP contribution in [0.25, 0.3) is 11.5 Å². The Bertz CT molecular complexity index is 752. The van der Waals surface area contributed by atoms with Crippen LogP contribution in [0.5, 0.6) is 5.75 Å². The predicted molar refractivity (Wildman–Crippen MR) is 109 cm³/mol. The number of oxazole rings is 1. The van der Waals surface area contributed by atoms with Crippen LogP contribution >= 0.6 is 11.8 Å². The molecule has 1 amide bonds. The second-order valence-corrected chi connectivity index (χ2v) is 7.99. The van der Waals surface area contributed by atoms with Crippen LogP contribution in [0.3, 0.4) is 0 Å². The maximum absolute atomic E-state index is 12.2. The van der Waals surface area contributed by atoms with Crippen LogP contribution < -0.4 is 10.1 Å². The van der Waals surface area contributed by atoms with Crippen molar-refractivity contribution in [2.45, 2.75) is 57.2 Å². The van der Waals surface area contributed by atoms with Crippen LogP contribution in [0.1, 0.15) is 50.0 Å². The summed E-state index contributed by atoms with van der Waals surface area (Å²) in [5, 5.41) is 3.19. The van der Waals surface area contributed by atoms with E-state index in [-0.39, 0.29) is 5.91 Å². The molecule has 0 atom stereocenters. The summed E-state index contributed by atoms with van der Waals surface area (Å²) in [4.78, 5) is 16.8. The van der Waals surface area contributed by atoms with Gasteiger partial charge in [-0.2, -0.15) is 0 Å². The number of amides is 1. The standard InChI is InChI=1S/C21H28N2O3S/c1-15-19(23-21(26-15)16-8-7-11-18(12-16)25-2)13-27-14-20(24)22-17-9-5-3-4-6-10-17/h7-8,11-12,17H,3-6,9-10,13-14H2,1-2H3,(H,22,24). The van der Waals surface area contributed by atoms with Crippen LogP contribution in [0.2, 0.25) is 0 Å². The van der Waals surface area contributed by atoms with Gasteiger partial charge in [0.05, 0.1) is 18.6 Å². The van der Waals surface area contributed by atoms with Crippen LogP contribution in [0, 0.1) is 6.92 Å². The summed E-state index contributed by atoms with van der Waals surface area (Å²) in [7, 11) is 1.64. The van der Waals surface area contributed by atoms with Crippen molar-refractivity contribution >= 4 is 17.7 Å². The fraction of sp³-hybridized carbons (Fsp3) is 0.524. The van der Waals surface area contributed by atoms with E-state index in [0.29, 0.717) is 23.4 Å². The SMILES string of the molecule is COc1cccc(-c2nc(CSCC(=O)NC3CCCCCC3)c(C)o2)c1. The molecule has 0 radical (unpaired) electrons. The van der Waals surface area contributed by atoms with E-state index in [1.165, 1.54) is 25.7 Å². The van der Waals surface area contributed by atoms with Crippen molar-refractivity contribution in [1.82, 2.24) is 10.3 Å². The van der Waals surface area contributed by atoms with Gasteiger partial charge in [0.15, 0.2) is 0 Å². The molecule has 3 rings (SSSR count). The number of methoxy groups -OCH3 is 1. The van der Waals surface area contributed by atoms with Gasteiger partial charge in [0, 0.05) is 17.4 Å². The van der Waals surface area contributed by atoms with Crippen molar-refractivity contribution in [3.05, 3.63) is 35.7 Å². The number of benzene rings is 1. The third-order valence-electron chi connectivity index (χ3n) is 4.90. The van der Waals surface area contributed by atoms with E-state index in [4.69, 9.17) is 9.15 Å². The van der Waals surface area contributed by atoms with Crippen molar-refractivity contribution < 1.29 is 13.9 Å².